The molecule has 0 spiro atoms. The Morgan fingerprint density at radius 2 is 1.68 bits per heavy atom. The maximum absolute atomic E-state index is 13.0. The van der Waals surface area contributed by atoms with Crippen molar-refractivity contribution in [3.8, 4) is 6.07 Å². The van der Waals surface area contributed by atoms with E-state index >= 15 is 0 Å². The fraction of sp³-hybridized carbons (Fsp3) is 0.391. The van der Waals surface area contributed by atoms with Crippen molar-refractivity contribution in [2.45, 2.75) is 42.5 Å². The van der Waals surface area contributed by atoms with Crippen molar-refractivity contribution < 1.29 is 13.2 Å². The third-order valence-electron chi connectivity index (χ3n) is 6.41. The number of sulfonamides is 1. The van der Waals surface area contributed by atoms with Crippen molar-refractivity contribution in [3.63, 3.8) is 0 Å². The van der Waals surface area contributed by atoms with Crippen LogP contribution in [0, 0.1) is 17.2 Å². The molecule has 0 unspecified atom stereocenters. The zero-order valence-electron chi connectivity index (χ0n) is 17.1. The number of benzene rings is 2. The number of halogens is 1. The van der Waals surface area contributed by atoms with Crippen LogP contribution < -0.4 is 5.32 Å². The van der Waals surface area contributed by atoms with Gasteiger partial charge in [0.15, 0.2) is 0 Å². The van der Waals surface area contributed by atoms with Crippen LogP contribution in [0.2, 0.25) is 5.02 Å². The molecule has 2 fully saturated rings. The van der Waals surface area contributed by atoms with Crippen molar-refractivity contribution in [1.82, 2.24) is 9.62 Å². The van der Waals surface area contributed by atoms with Gasteiger partial charge in [-0.05, 0) is 74.1 Å². The first-order valence-electron chi connectivity index (χ1n) is 10.4. The van der Waals surface area contributed by atoms with Gasteiger partial charge in [0.05, 0.1) is 22.1 Å². The number of amides is 1. The standard InChI is InChI=1S/C23H24ClN3O3S/c24-20-6-4-19(5-7-20)23(12-1-13-23)26-22(28)18-10-14-27(15-11-18)31(29,30)21-8-2-17(16-25)3-9-21/h2-9,18H,1,10-15H2,(H,26,28). The van der Waals surface area contributed by atoms with E-state index in [1.807, 2.05) is 30.3 Å². The monoisotopic (exact) mass is 457 g/mol. The van der Waals surface area contributed by atoms with Gasteiger partial charge < -0.3 is 5.32 Å². The summed E-state index contributed by atoms with van der Waals surface area (Å²) in [5.41, 5.74) is 1.14. The minimum Gasteiger partial charge on any atom is -0.346 e. The molecule has 2 aromatic carbocycles. The van der Waals surface area contributed by atoms with E-state index in [9.17, 15) is 13.2 Å². The van der Waals surface area contributed by atoms with Crippen molar-refractivity contribution in [1.29, 1.82) is 5.26 Å². The maximum atomic E-state index is 13.0. The highest BCUT2D eigenvalue weighted by atomic mass is 35.5. The molecule has 1 N–H and O–H groups in total. The van der Waals surface area contributed by atoms with E-state index in [0.29, 0.717) is 36.5 Å². The lowest BCUT2D eigenvalue weighted by Gasteiger charge is -2.44. The number of hydrogen-bond acceptors (Lipinski definition) is 4. The fourth-order valence-electron chi connectivity index (χ4n) is 4.33. The zero-order valence-corrected chi connectivity index (χ0v) is 18.6. The highest BCUT2D eigenvalue weighted by Crippen LogP contribution is 2.42. The summed E-state index contributed by atoms with van der Waals surface area (Å²) in [5.74, 6) is -0.220. The summed E-state index contributed by atoms with van der Waals surface area (Å²) >= 11 is 6.00. The fourth-order valence-corrected chi connectivity index (χ4v) is 5.93. The van der Waals surface area contributed by atoms with Crippen LogP contribution >= 0.6 is 11.6 Å². The molecule has 31 heavy (non-hydrogen) atoms. The second-order valence-electron chi connectivity index (χ2n) is 8.25. The molecule has 0 aromatic heterocycles. The normalized spacial score (nSPS) is 19.2. The smallest absolute Gasteiger partial charge is 0.243 e. The van der Waals surface area contributed by atoms with Crippen molar-refractivity contribution in [2.75, 3.05) is 13.1 Å². The first-order valence-corrected chi connectivity index (χ1v) is 12.2. The van der Waals surface area contributed by atoms with Crippen molar-refractivity contribution >= 4 is 27.5 Å². The number of nitriles is 1. The van der Waals surface area contributed by atoms with Gasteiger partial charge >= 0.3 is 0 Å². The van der Waals surface area contributed by atoms with Crippen molar-refractivity contribution in [2.24, 2.45) is 5.92 Å². The number of nitrogens with zero attached hydrogens (tertiary/aromatic N) is 2. The molecule has 1 saturated carbocycles. The van der Waals surface area contributed by atoms with Crippen LogP contribution in [-0.4, -0.2) is 31.7 Å². The summed E-state index contributed by atoms with van der Waals surface area (Å²) in [5, 5.41) is 12.8. The van der Waals surface area contributed by atoms with Gasteiger partial charge in [0.2, 0.25) is 15.9 Å². The van der Waals surface area contributed by atoms with E-state index in [1.165, 1.54) is 28.6 Å². The van der Waals surface area contributed by atoms with Crippen molar-refractivity contribution in [3.05, 3.63) is 64.7 Å². The second kappa shape index (κ2) is 8.62. The Kier molecular flexibility index (Phi) is 6.07. The Hall–Kier alpha value is -2.40. The van der Waals surface area contributed by atoms with Crippen LogP contribution in [0.25, 0.3) is 0 Å². The van der Waals surface area contributed by atoms with E-state index in [1.54, 1.807) is 0 Å². The maximum Gasteiger partial charge on any atom is 0.243 e. The highest BCUT2D eigenvalue weighted by Gasteiger charge is 2.42. The molecule has 2 aromatic rings. The van der Waals surface area contributed by atoms with Gasteiger partial charge in [-0.2, -0.15) is 9.57 Å². The molecule has 0 atom stereocenters. The lowest BCUT2D eigenvalue weighted by molar-refractivity contribution is -0.129. The average molecular weight is 458 g/mol. The van der Waals surface area contributed by atoms with Gasteiger partial charge in [0.25, 0.3) is 0 Å². The molecule has 2 aliphatic rings. The SMILES string of the molecule is N#Cc1ccc(S(=O)(=O)N2CCC(C(=O)NC3(c4ccc(Cl)cc4)CCC3)CC2)cc1. The van der Waals surface area contributed by atoms with E-state index < -0.39 is 10.0 Å². The molecule has 162 valence electrons. The molecule has 6 nitrogen and oxygen atoms in total. The summed E-state index contributed by atoms with van der Waals surface area (Å²) < 4.78 is 27.2. The zero-order chi connectivity index (χ0) is 22.1. The summed E-state index contributed by atoms with van der Waals surface area (Å²) in [6.07, 6.45) is 3.82. The molecule has 8 heteroatoms. The Labute approximate surface area is 187 Å². The summed E-state index contributed by atoms with van der Waals surface area (Å²) in [4.78, 5) is 13.2. The predicted octanol–water partition coefficient (Wildman–Crippen LogP) is 3.81. The Balaban J connectivity index is 1.39. The lowest BCUT2D eigenvalue weighted by Crippen LogP contribution is -2.53. The number of rotatable bonds is 5. The van der Waals surface area contributed by atoms with Gasteiger partial charge in [-0.15, -0.1) is 0 Å². The molecular weight excluding hydrogens is 434 g/mol. The van der Waals surface area contributed by atoms with Crippen LogP contribution in [0.5, 0.6) is 0 Å². The largest absolute Gasteiger partial charge is 0.346 e. The van der Waals surface area contributed by atoms with Gasteiger partial charge in [-0.25, -0.2) is 8.42 Å². The molecule has 0 radical (unpaired) electrons. The first-order chi connectivity index (χ1) is 14.8. The Morgan fingerprint density at radius 1 is 1.06 bits per heavy atom. The molecular formula is C23H24ClN3O3S. The number of carbonyl (C=O) groups excluding carboxylic acids is 1. The molecule has 4 rings (SSSR count). The van der Waals surface area contributed by atoms with Gasteiger partial charge in [-0.3, -0.25) is 4.79 Å². The van der Waals surface area contributed by atoms with Crippen LogP contribution in [0.4, 0.5) is 0 Å². The van der Waals surface area contributed by atoms with E-state index in [-0.39, 0.29) is 22.3 Å². The average Bonchev–Trinajstić information content (AvgIpc) is 2.77. The molecule has 1 amide bonds. The van der Waals surface area contributed by atoms with Gasteiger partial charge in [0, 0.05) is 24.0 Å². The third kappa shape index (κ3) is 4.33. The second-order valence-corrected chi connectivity index (χ2v) is 10.6. The van der Waals surface area contributed by atoms with Crippen LogP contribution in [0.15, 0.2) is 53.4 Å². The molecule has 1 heterocycles. The number of piperidine rings is 1. The quantitative estimate of drug-likeness (QED) is 0.739. The van der Waals surface area contributed by atoms with E-state index in [0.717, 1.165) is 24.8 Å². The number of nitrogens with one attached hydrogen (secondary N) is 1. The number of carbonyl (C=O) groups is 1. The van der Waals surface area contributed by atoms with E-state index in [2.05, 4.69) is 5.32 Å². The van der Waals surface area contributed by atoms with Crippen LogP contribution in [0.1, 0.15) is 43.2 Å². The van der Waals surface area contributed by atoms with Gasteiger partial charge in [-0.1, -0.05) is 23.7 Å². The van der Waals surface area contributed by atoms with Crippen LogP contribution in [0.3, 0.4) is 0 Å². The molecule has 1 saturated heterocycles. The summed E-state index contributed by atoms with van der Waals surface area (Å²) in [6, 6.07) is 15.5. The number of hydrogen-bond donors (Lipinski definition) is 1. The minimum absolute atomic E-state index is 0.00919. The third-order valence-corrected chi connectivity index (χ3v) is 8.58. The topological polar surface area (TPSA) is 90.3 Å². The minimum atomic E-state index is -3.63. The van der Waals surface area contributed by atoms with Gasteiger partial charge in [0.1, 0.15) is 0 Å². The molecule has 1 aliphatic heterocycles. The van der Waals surface area contributed by atoms with Crippen LogP contribution in [-0.2, 0) is 20.4 Å². The summed E-state index contributed by atoms with van der Waals surface area (Å²) in [7, 11) is -3.63. The first kappa shape index (κ1) is 21.8. The lowest BCUT2D eigenvalue weighted by atomic mass is 9.71. The Bertz CT molecular complexity index is 1100. The summed E-state index contributed by atoms with van der Waals surface area (Å²) in [6.45, 7) is 0.600. The highest BCUT2D eigenvalue weighted by molar-refractivity contribution is 7.89. The van der Waals surface area contributed by atoms with E-state index in [4.69, 9.17) is 16.9 Å². The molecule has 1 aliphatic carbocycles. The molecule has 0 bridgehead atoms. The Morgan fingerprint density at radius 3 is 2.19 bits per heavy atom. The predicted molar refractivity (Wildman–Crippen MR) is 118 cm³/mol.